The third-order valence-electron chi connectivity index (χ3n) is 3.14. The van der Waals surface area contributed by atoms with E-state index in [0.29, 0.717) is 29.5 Å². The van der Waals surface area contributed by atoms with E-state index in [-0.39, 0.29) is 17.4 Å². The van der Waals surface area contributed by atoms with Gasteiger partial charge in [-0.3, -0.25) is 14.2 Å². The average Bonchev–Trinajstić information content (AvgIpc) is 2.50. The fourth-order valence-electron chi connectivity index (χ4n) is 2.19. The Kier molecular flexibility index (Phi) is 5.50. The van der Waals surface area contributed by atoms with Crippen LogP contribution in [0.3, 0.4) is 0 Å². The molecule has 9 heteroatoms. The zero-order chi connectivity index (χ0) is 16.9. The number of nitrogens with two attached hydrogens (primary N) is 1. The summed E-state index contributed by atoms with van der Waals surface area (Å²) in [4.78, 5) is 15.2. The van der Waals surface area contributed by atoms with E-state index in [9.17, 15) is 17.8 Å². The molecule has 0 aromatic heterocycles. The van der Waals surface area contributed by atoms with Crippen LogP contribution in [0, 0.1) is 0 Å². The Balaban J connectivity index is 2.15. The smallest absolute Gasteiger partial charge is 0.295 e. The Morgan fingerprint density at radius 1 is 1.13 bits per heavy atom. The Hall–Kier alpha value is -2.20. The zero-order valence-corrected chi connectivity index (χ0v) is 13.0. The van der Waals surface area contributed by atoms with Crippen molar-refractivity contribution in [2.45, 2.75) is 4.90 Å². The summed E-state index contributed by atoms with van der Waals surface area (Å²) in [5.74, 6) is 4.46. The molecule has 1 amide bonds. The van der Waals surface area contributed by atoms with Crippen molar-refractivity contribution in [3.63, 3.8) is 0 Å². The summed E-state index contributed by atoms with van der Waals surface area (Å²) in [6.45, 7) is 0.550. The quantitative estimate of drug-likeness (QED) is 0.328. The van der Waals surface area contributed by atoms with Crippen LogP contribution in [-0.2, 0) is 19.8 Å². The van der Waals surface area contributed by atoms with Crippen LogP contribution in [0.15, 0.2) is 41.3 Å². The summed E-state index contributed by atoms with van der Waals surface area (Å²) in [6.07, 6.45) is 0. The Labute approximate surface area is 133 Å². The van der Waals surface area contributed by atoms with Crippen LogP contribution in [0.5, 0.6) is 0 Å². The van der Waals surface area contributed by atoms with Crippen LogP contribution >= 0.6 is 0 Å². The number of benzene rings is 2. The highest BCUT2D eigenvalue weighted by Crippen LogP contribution is 2.28. The maximum atomic E-state index is 11.4. The maximum Gasteiger partial charge on any atom is 0.295 e. The first-order chi connectivity index (χ1) is 10.9. The largest absolute Gasteiger partial charge is 0.383 e. The number of nitrogens with one attached hydrogen (secondary N) is 2. The van der Waals surface area contributed by atoms with Crippen LogP contribution < -0.4 is 16.5 Å². The molecule has 0 aliphatic rings. The zero-order valence-electron chi connectivity index (χ0n) is 12.2. The van der Waals surface area contributed by atoms with E-state index in [1.165, 1.54) is 6.07 Å². The Morgan fingerprint density at radius 2 is 1.83 bits per heavy atom. The van der Waals surface area contributed by atoms with Crippen molar-refractivity contribution in [1.29, 1.82) is 0 Å². The van der Waals surface area contributed by atoms with E-state index in [0.717, 1.165) is 0 Å². The van der Waals surface area contributed by atoms with Crippen molar-refractivity contribution in [2.24, 2.45) is 5.90 Å². The first kappa shape index (κ1) is 17.2. The molecule has 5 N–H and O–H groups in total. The molecule has 0 heterocycles. The maximum absolute atomic E-state index is 11.4. The van der Waals surface area contributed by atoms with E-state index in [1.807, 2.05) is 0 Å². The standard InChI is InChI=1S/C14H17N3O5S/c15-22-9-14(18)17-8-7-16-12-5-1-4-11-10(12)3-2-6-13(11)23(19,20)21/h1-6,16H,7-9,15H2,(H,17,18)(H,19,20,21). The van der Waals surface area contributed by atoms with Crippen molar-refractivity contribution < 1.29 is 22.6 Å². The van der Waals surface area contributed by atoms with Gasteiger partial charge in [0.05, 0.1) is 0 Å². The summed E-state index contributed by atoms with van der Waals surface area (Å²) in [5, 5.41) is 6.77. The molecule has 0 spiro atoms. The van der Waals surface area contributed by atoms with Crippen LogP contribution in [0.4, 0.5) is 5.69 Å². The van der Waals surface area contributed by atoms with E-state index >= 15 is 0 Å². The molecule has 0 unspecified atom stereocenters. The number of hydrogen-bond acceptors (Lipinski definition) is 6. The van der Waals surface area contributed by atoms with Crippen molar-refractivity contribution >= 4 is 32.5 Å². The fraction of sp³-hybridized carbons (Fsp3) is 0.214. The van der Waals surface area contributed by atoms with Gasteiger partial charge in [0.15, 0.2) is 0 Å². The predicted octanol–water partition coefficient (Wildman–Crippen LogP) is 0.505. The molecule has 0 aliphatic carbocycles. The van der Waals surface area contributed by atoms with E-state index < -0.39 is 10.1 Å². The van der Waals surface area contributed by atoms with Gasteiger partial charge in [-0.1, -0.05) is 24.3 Å². The summed E-state index contributed by atoms with van der Waals surface area (Å²) in [6, 6.07) is 9.71. The SMILES string of the molecule is NOCC(=O)NCCNc1cccc2c(S(=O)(=O)O)cccc12. The first-order valence-corrected chi connectivity index (χ1v) is 8.19. The van der Waals surface area contributed by atoms with E-state index in [2.05, 4.69) is 15.5 Å². The van der Waals surface area contributed by atoms with Crippen LogP contribution in [0.1, 0.15) is 0 Å². The van der Waals surface area contributed by atoms with Gasteiger partial charge in [0.2, 0.25) is 5.91 Å². The molecule has 8 nitrogen and oxygen atoms in total. The molecular formula is C14H17N3O5S. The minimum atomic E-state index is -4.30. The molecule has 0 fully saturated rings. The molecule has 2 aromatic carbocycles. The molecule has 2 aromatic rings. The van der Waals surface area contributed by atoms with Gasteiger partial charge in [0.1, 0.15) is 11.5 Å². The molecule has 0 atom stereocenters. The second-order valence-corrected chi connectivity index (χ2v) is 6.11. The minimum absolute atomic E-state index is 0.146. The monoisotopic (exact) mass is 339 g/mol. The van der Waals surface area contributed by atoms with E-state index in [1.54, 1.807) is 30.3 Å². The van der Waals surface area contributed by atoms with Gasteiger partial charge in [-0.25, -0.2) is 5.90 Å². The molecule has 23 heavy (non-hydrogen) atoms. The lowest BCUT2D eigenvalue weighted by Gasteiger charge is -2.12. The van der Waals surface area contributed by atoms with Gasteiger partial charge in [-0.05, 0) is 12.1 Å². The number of fused-ring (bicyclic) bond motifs is 1. The van der Waals surface area contributed by atoms with Crippen LogP contribution in [0.2, 0.25) is 0 Å². The van der Waals surface area contributed by atoms with Crippen molar-refractivity contribution in [2.75, 3.05) is 25.0 Å². The highest BCUT2D eigenvalue weighted by Gasteiger charge is 2.14. The summed E-state index contributed by atoms with van der Waals surface area (Å²) in [7, 11) is -4.30. The number of anilines is 1. The lowest BCUT2D eigenvalue weighted by Crippen LogP contribution is -2.32. The molecule has 2 rings (SSSR count). The lowest BCUT2D eigenvalue weighted by molar-refractivity contribution is -0.125. The second-order valence-electron chi connectivity index (χ2n) is 4.72. The Bertz CT molecular complexity index is 807. The molecule has 0 aliphatic heterocycles. The van der Waals surface area contributed by atoms with Gasteiger partial charge in [0, 0.05) is 29.5 Å². The molecular weight excluding hydrogens is 322 g/mol. The van der Waals surface area contributed by atoms with Gasteiger partial charge < -0.3 is 10.6 Å². The number of hydrogen-bond donors (Lipinski definition) is 4. The van der Waals surface area contributed by atoms with Crippen molar-refractivity contribution in [3.8, 4) is 0 Å². The van der Waals surface area contributed by atoms with Crippen LogP contribution in [-0.4, -0.2) is 38.6 Å². The summed E-state index contributed by atoms with van der Waals surface area (Å²) < 4.78 is 32.1. The highest BCUT2D eigenvalue weighted by molar-refractivity contribution is 7.86. The number of rotatable bonds is 7. The Morgan fingerprint density at radius 3 is 2.52 bits per heavy atom. The minimum Gasteiger partial charge on any atom is -0.383 e. The van der Waals surface area contributed by atoms with Crippen molar-refractivity contribution in [3.05, 3.63) is 36.4 Å². The topological polar surface area (TPSA) is 131 Å². The van der Waals surface area contributed by atoms with E-state index in [4.69, 9.17) is 5.90 Å². The summed E-state index contributed by atoms with van der Waals surface area (Å²) >= 11 is 0. The number of carbonyl (C=O) groups excluding carboxylic acids is 1. The lowest BCUT2D eigenvalue weighted by atomic mass is 10.1. The van der Waals surface area contributed by atoms with Crippen LogP contribution in [0.25, 0.3) is 10.8 Å². The molecule has 0 saturated carbocycles. The highest BCUT2D eigenvalue weighted by atomic mass is 32.2. The summed E-state index contributed by atoms with van der Waals surface area (Å²) in [5.41, 5.74) is 0.692. The predicted molar refractivity (Wildman–Crippen MR) is 85.4 cm³/mol. The average molecular weight is 339 g/mol. The van der Waals surface area contributed by atoms with Gasteiger partial charge in [-0.15, -0.1) is 0 Å². The number of amides is 1. The van der Waals surface area contributed by atoms with Crippen molar-refractivity contribution in [1.82, 2.24) is 5.32 Å². The molecule has 0 bridgehead atoms. The second kappa shape index (κ2) is 7.38. The number of carbonyl (C=O) groups is 1. The third kappa shape index (κ3) is 4.39. The van der Waals surface area contributed by atoms with Gasteiger partial charge in [0.25, 0.3) is 10.1 Å². The first-order valence-electron chi connectivity index (χ1n) is 6.75. The van der Waals surface area contributed by atoms with Gasteiger partial charge >= 0.3 is 0 Å². The van der Waals surface area contributed by atoms with Gasteiger partial charge in [-0.2, -0.15) is 8.42 Å². The molecule has 124 valence electrons. The molecule has 0 radical (unpaired) electrons. The normalized spacial score (nSPS) is 11.4. The molecule has 0 saturated heterocycles. The third-order valence-corrected chi connectivity index (χ3v) is 4.05. The fourth-order valence-corrected chi connectivity index (χ4v) is 2.89.